The second-order valence-electron chi connectivity index (χ2n) is 6.61. The third kappa shape index (κ3) is 5.70. The van der Waals surface area contributed by atoms with Gasteiger partial charge in [-0.05, 0) is 62.8 Å². The summed E-state index contributed by atoms with van der Waals surface area (Å²) >= 11 is 0. The molecule has 0 unspecified atom stereocenters. The van der Waals surface area contributed by atoms with Gasteiger partial charge in [0.05, 0.1) is 0 Å². The van der Waals surface area contributed by atoms with Crippen molar-refractivity contribution in [1.29, 1.82) is 0 Å². The van der Waals surface area contributed by atoms with Gasteiger partial charge in [0.15, 0.2) is 6.61 Å². The highest BCUT2D eigenvalue weighted by molar-refractivity contribution is 5.85. The number of rotatable bonds is 6. The van der Waals surface area contributed by atoms with Crippen LogP contribution in [-0.2, 0) is 4.79 Å². The lowest BCUT2D eigenvalue weighted by Crippen LogP contribution is -2.46. The van der Waals surface area contributed by atoms with Gasteiger partial charge in [-0.1, -0.05) is 12.1 Å². The lowest BCUT2D eigenvalue weighted by Gasteiger charge is -2.32. The first-order valence-corrected chi connectivity index (χ1v) is 8.41. The van der Waals surface area contributed by atoms with Crippen molar-refractivity contribution in [3.63, 3.8) is 0 Å². The molecular weight excluding hydrogens is 312 g/mol. The summed E-state index contributed by atoms with van der Waals surface area (Å²) in [6, 6.07) is 8.41. The molecule has 23 heavy (non-hydrogen) atoms. The Morgan fingerprint density at radius 2 is 2.00 bits per heavy atom. The average Bonchev–Trinajstić information content (AvgIpc) is 3.35. The van der Waals surface area contributed by atoms with Gasteiger partial charge in [0, 0.05) is 19.1 Å². The van der Waals surface area contributed by atoms with Crippen molar-refractivity contribution < 1.29 is 9.53 Å². The van der Waals surface area contributed by atoms with Crippen LogP contribution in [-0.4, -0.2) is 43.1 Å². The molecule has 1 saturated carbocycles. The number of carbonyl (C=O) groups is 1. The van der Waals surface area contributed by atoms with Gasteiger partial charge in [0.1, 0.15) is 5.75 Å². The first-order chi connectivity index (χ1) is 10.7. The summed E-state index contributed by atoms with van der Waals surface area (Å²) in [7, 11) is 0. The fraction of sp³-hybridized carbons (Fsp3) is 0.611. The van der Waals surface area contributed by atoms with Crippen LogP contribution in [0.25, 0.3) is 0 Å². The third-order valence-electron chi connectivity index (χ3n) is 4.59. The van der Waals surface area contributed by atoms with Crippen LogP contribution < -0.4 is 10.1 Å². The maximum absolute atomic E-state index is 12.2. The molecule has 0 bridgehead atoms. The zero-order chi connectivity index (χ0) is 15.4. The zero-order valence-corrected chi connectivity index (χ0v) is 14.6. The lowest BCUT2D eigenvalue weighted by molar-refractivity contribution is -0.134. The number of halogens is 1. The van der Waals surface area contributed by atoms with Gasteiger partial charge in [-0.2, -0.15) is 0 Å². The molecule has 1 heterocycles. The molecule has 3 rings (SSSR count). The van der Waals surface area contributed by atoms with E-state index in [0.29, 0.717) is 6.04 Å². The predicted molar refractivity (Wildman–Crippen MR) is 94.3 cm³/mol. The largest absolute Gasteiger partial charge is 0.484 e. The Bertz CT molecular complexity index is 511. The lowest BCUT2D eigenvalue weighted by atomic mass is 10.0. The van der Waals surface area contributed by atoms with Crippen LogP contribution in [0.4, 0.5) is 0 Å². The van der Waals surface area contributed by atoms with Crippen LogP contribution in [0.3, 0.4) is 0 Å². The van der Waals surface area contributed by atoms with Crippen molar-refractivity contribution in [3.8, 4) is 5.75 Å². The summed E-state index contributed by atoms with van der Waals surface area (Å²) in [5.41, 5.74) is 1.15. The van der Waals surface area contributed by atoms with Crippen molar-refractivity contribution in [1.82, 2.24) is 10.2 Å². The van der Waals surface area contributed by atoms with Crippen LogP contribution in [0.5, 0.6) is 5.75 Å². The number of ether oxygens (including phenoxy) is 1. The highest BCUT2D eigenvalue weighted by atomic mass is 35.5. The maximum Gasteiger partial charge on any atom is 0.260 e. The van der Waals surface area contributed by atoms with Gasteiger partial charge < -0.3 is 15.0 Å². The Kier molecular flexibility index (Phi) is 6.72. The Hall–Kier alpha value is -1.26. The molecule has 128 valence electrons. The normalized spacial score (nSPS) is 18.4. The van der Waals surface area contributed by atoms with Crippen molar-refractivity contribution in [2.45, 2.75) is 38.6 Å². The molecule has 0 atom stereocenters. The van der Waals surface area contributed by atoms with Crippen molar-refractivity contribution in [2.24, 2.45) is 5.92 Å². The Morgan fingerprint density at radius 3 is 2.65 bits per heavy atom. The van der Waals surface area contributed by atoms with Crippen LogP contribution in [0.15, 0.2) is 24.3 Å². The monoisotopic (exact) mass is 338 g/mol. The second-order valence-corrected chi connectivity index (χ2v) is 6.61. The first kappa shape index (κ1) is 18.1. The quantitative estimate of drug-likeness (QED) is 0.867. The summed E-state index contributed by atoms with van der Waals surface area (Å²) in [6.07, 6.45) is 4.90. The number of aryl methyl sites for hydroxylation is 1. The minimum Gasteiger partial charge on any atom is -0.484 e. The molecule has 0 aromatic heterocycles. The summed E-state index contributed by atoms with van der Waals surface area (Å²) in [5.74, 6) is 1.79. The molecule has 1 saturated heterocycles. The smallest absolute Gasteiger partial charge is 0.260 e. The minimum atomic E-state index is 0. The maximum atomic E-state index is 12.2. The van der Waals surface area contributed by atoms with Crippen molar-refractivity contribution in [3.05, 3.63) is 29.8 Å². The van der Waals surface area contributed by atoms with E-state index >= 15 is 0 Å². The molecule has 1 N–H and O–H groups in total. The van der Waals surface area contributed by atoms with E-state index in [1.165, 1.54) is 12.8 Å². The van der Waals surface area contributed by atoms with Gasteiger partial charge in [0.2, 0.25) is 0 Å². The summed E-state index contributed by atoms with van der Waals surface area (Å²) < 4.78 is 5.61. The molecule has 1 amide bonds. The van der Waals surface area contributed by atoms with Gasteiger partial charge in [-0.3, -0.25) is 4.79 Å². The fourth-order valence-electron chi connectivity index (χ4n) is 2.93. The van der Waals surface area contributed by atoms with Gasteiger partial charge in [-0.15, -0.1) is 12.4 Å². The van der Waals surface area contributed by atoms with E-state index in [0.717, 1.165) is 49.7 Å². The van der Waals surface area contributed by atoms with Crippen molar-refractivity contribution in [2.75, 3.05) is 26.2 Å². The minimum absolute atomic E-state index is 0. The first-order valence-electron chi connectivity index (χ1n) is 8.41. The number of hydrogen-bond donors (Lipinski definition) is 1. The molecule has 5 heteroatoms. The van der Waals surface area contributed by atoms with E-state index in [1.54, 1.807) is 0 Å². The van der Waals surface area contributed by atoms with Crippen molar-refractivity contribution >= 4 is 18.3 Å². The van der Waals surface area contributed by atoms with Crippen LogP contribution in [0.1, 0.15) is 31.2 Å². The molecule has 1 aliphatic heterocycles. The zero-order valence-electron chi connectivity index (χ0n) is 13.8. The number of amides is 1. The average molecular weight is 339 g/mol. The van der Waals surface area contributed by atoms with E-state index in [1.807, 2.05) is 36.1 Å². The molecule has 2 aliphatic rings. The molecule has 4 nitrogen and oxygen atoms in total. The highest BCUT2D eigenvalue weighted by Crippen LogP contribution is 2.28. The summed E-state index contributed by atoms with van der Waals surface area (Å²) in [4.78, 5) is 14.2. The molecule has 2 fully saturated rings. The van der Waals surface area contributed by atoms with E-state index in [4.69, 9.17) is 4.74 Å². The van der Waals surface area contributed by atoms with Crippen LogP contribution >= 0.6 is 12.4 Å². The molecule has 1 aromatic carbocycles. The van der Waals surface area contributed by atoms with Gasteiger partial charge in [0.25, 0.3) is 5.91 Å². The number of likely N-dealkylation sites (tertiary alicyclic amines) is 1. The summed E-state index contributed by atoms with van der Waals surface area (Å²) in [6.45, 7) is 5.02. The molecule has 0 spiro atoms. The third-order valence-corrected chi connectivity index (χ3v) is 4.59. The van der Waals surface area contributed by atoms with Crippen LogP contribution in [0.2, 0.25) is 0 Å². The number of benzene rings is 1. The SMILES string of the molecule is Cc1cccc(OCC(=O)N2CCC(NCC3CC3)CC2)c1.Cl. The summed E-state index contributed by atoms with van der Waals surface area (Å²) in [5, 5.41) is 3.64. The molecule has 1 aromatic rings. The topological polar surface area (TPSA) is 41.6 Å². The second kappa shape index (κ2) is 8.55. The van der Waals surface area contributed by atoms with Gasteiger partial charge in [-0.25, -0.2) is 0 Å². The van der Waals surface area contributed by atoms with Crippen LogP contribution in [0, 0.1) is 12.8 Å². The fourth-order valence-corrected chi connectivity index (χ4v) is 2.93. The van der Waals surface area contributed by atoms with Gasteiger partial charge >= 0.3 is 0 Å². The number of piperidine rings is 1. The van der Waals surface area contributed by atoms with E-state index in [-0.39, 0.29) is 24.9 Å². The number of hydrogen-bond acceptors (Lipinski definition) is 3. The predicted octanol–water partition coefficient (Wildman–Crippen LogP) is 2.79. The van der Waals surface area contributed by atoms with E-state index < -0.39 is 0 Å². The van der Waals surface area contributed by atoms with E-state index in [9.17, 15) is 4.79 Å². The number of nitrogens with zero attached hydrogens (tertiary/aromatic N) is 1. The standard InChI is InChI=1S/C18H26N2O2.ClH/c1-14-3-2-4-17(11-14)22-13-18(21)20-9-7-16(8-10-20)19-12-15-5-6-15;/h2-4,11,15-16,19H,5-10,12-13H2,1H3;1H. The Labute approximate surface area is 145 Å². The molecule has 1 aliphatic carbocycles. The van der Waals surface area contributed by atoms with E-state index in [2.05, 4.69) is 5.32 Å². The number of nitrogens with one attached hydrogen (secondary N) is 1. The Balaban J connectivity index is 0.00000192. The molecule has 0 radical (unpaired) electrons. The Morgan fingerprint density at radius 1 is 1.26 bits per heavy atom. The highest BCUT2D eigenvalue weighted by Gasteiger charge is 2.26. The molecular formula is C18H27ClN2O2. The number of carbonyl (C=O) groups excluding carboxylic acids is 1.